The molecule has 144 valence electrons. The van der Waals surface area contributed by atoms with Crippen molar-refractivity contribution in [1.82, 2.24) is 10.7 Å². The quantitative estimate of drug-likeness (QED) is 0.757. The van der Waals surface area contributed by atoms with Crippen molar-refractivity contribution in [1.29, 1.82) is 0 Å². The molecule has 8 heteroatoms. The molecule has 0 unspecified atom stereocenters. The first-order valence-corrected chi connectivity index (χ1v) is 8.30. The molecule has 0 aliphatic carbocycles. The molecule has 0 aliphatic rings. The molecular weight excluding hydrogens is 359 g/mol. The summed E-state index contributed by atoms with van der Waals surface area (Å²) in [4.78, 5) is 24.0. The number of nitrogens with one attached hydrogen (secondary N) is 2. The van der Waals surface area contributed by atoms with Crippen molar-refractivity contribution < 1.29 is 22.8 Å². The number of carbonyl (C=O) groups is 2. The summed E-state index contributed by atoms with van der Waals surface area (Å²) in [6, 6.07) is 11.3. The fraction of sp³-hybridized carbons (Fsp3) is 0.263. The van der Waals surface area contributed by atoms with E-state index >= 15 is 0 Å². The van der Waals surface area contributed by atoms with Gasteiger partial charge < -0.3 is 5.32 Å². The van der Waals surface area contributed by atoms with Crippen molar-refractivity contribution in [2.45, 2.75) is 20.0 Å². The third-order valence-electron chi connectivity index (χ3n) is 3.81. The van der Waals surface area contributed by atoms with Gasteiger partial charge in [0.15, 0.2) is 0 Å². The van der Waals surface area contributed by atoms with E-state index in [0.29, 0.717) is 6.54 Å². The van der Waals surface area contributed by atoms with Crippen LogP contribution in [0.2, 0.25) is 0 Å². The Hall–Kier alpha value is -3.03. The van der Waals surface area contributed by atoms with E-state index in [1.165, 1.54) is 0 Å². The largest absolute Gasteiger partial charge is 0.416 e. The second kappa shape index (κ2) is 8.57. The summed E-state index contributed by atoms with van der Waals surface area (Å²) >= 11 is 0. The highest BCUT2D eigenvalue weighted by molar-refractivity contribution is 5.96. The molecule has 0 aromatic heterocycles. The summed E-state index contributed by atoms with van der Waals surface area (Å²) in [5, 5.41) is 4.02. The van der Waals surface area contributed by atoms with Crippen LogP contribution in [0.25, 0.3) is 0 Å². The molecule has 2 rings (SSSR count). The van der Waals surface area contributed by atoms with Crippen LogP contribution in [0.4, 0.5) is 18.9 Å². The van der Waals surface area contributed by atoms with E-state index in [2.05, 4.69) is 10.7 Å². The SMILES string of the molecule is CCN(NC(=O)CNC(=O)c1ccc(C(F)(F)F)cc1)c1ccc(C)cc1. The van der Waals surface area contributed by atoms with Crippen LogP contribution in [0.1, 0.15) is 28.4 Å². The highest BCUT2D eigenvalue weighted by Crippen LogP contribution is 2.29. The number of hydrazine groups is 1. The van der Waals surface area contributed by atoms with Gasteiger partial charge in [0, 0.05) is 12.1 Å². The summed E-state index contributed by atoms with van der Waals surface area (Å²) in [5.41, 5.74) is 3.76. The number of nitrogens with zero attached hydrogens (tertiary/aromatic N) is 1. The smallest absolute Gasteiger partial charge is 0.343 e. The fourth-order valence-electron chi connectivity index (χ4n) is 2.31. The Balaban J connectivity index is 1.90. The Bertz CT molecular complexity index is 787. The van der Waals surface area contributed by atoms with Crippen LogP contribution >= 0.6 is 0 Å². The minimum atomic E-state index is -4.46. The molecule has 2 amide bonds. The van der Waals surface area contributed by atoms with Crippen LogP contribution in [0, 0.1) is 6.92 Å². The van der Waals surface area contributed by atoms with E-state index < -0.39 is 23.6 Å². The van der Waals surface area contributed by atoms with E-state index in [9.17, 15) is 22.8 Å². The second-order valence-electron chi connectivity index (χ2n) is 5.87. The van der Waals surface area contributed by atoms with Gasteiger partial charge in [0.25, 0.3) is 11.8 Å². The maximum Gasteiger partial charge on any atom is 0.416 e. The van der Waals surface area contributed by atoms with E-state index in [4.69, 9.17) is 0 Å². The van der Waals surface area contributed by atoms with E-state index in [0.717, 1.165) is 35.5 Å². The number of alkyl halides is 3. The Morgan fingerprint density at radius 2 is 1.59 bits per heavy atom. The third-order valence-corrected chi connectivity index (χ3v) is 3.81. The topological polar surface area (TPSA) is 61.4 Å². The lowest BCUT2D eigenvalue weighted by Crippen LogP contribution is -2.46. The second-order valence-corrected chi connectivity index (χ2v) is 5.87. The van der Waals surface area contributed by atoms with Crippen molar-refractivity contribution in [2.75, 3.05) is 18.1 Å². The van der Waals surface area contributed by atoms with Gasteiger partial charge in [0.1, 0.15) is 0 Å². The lowest BCUT2D eigenvalue weighted by atomic mass is 10.1. The molecule has 0 heterocycles. The van der Waals surface area contributed by atoms with Gasteiger partial charge in [-0.25, -0.2) is 0 Å². The first-order chi connectivity index (χ1) is 12.7. The van der Waals surface area contributed by atoms with Gasteiger partial charge in [-0.3, -0.25) is 20.0 Å². The number of anilines is 1. The lowest BCUT2D eigenvalue weighted by molar-refractivity contribution is -0.137. The molecule has 0 radical (unpaired) electrons. The van der Waals surface area contributed by atoms with Gasteiger partial charge >= 0.3 is 6.18 Å². The standard InChI is InChI=1S/C19H20F3N3O2/c1-3-25(16-10-4-13(2)5-11-16)24-17(26)12-23-18(27)14-6-8-15(9-7-14)19(20,21)22/h4-11H,3,12H2,1-2H3,(H,23,27)(H,24,26). The molecule has 0 fully saturated rings. The van der Waals surface area contributed by atoms with Crippen LogP contribution in [-0.4, -0.2) is 24.9 Å². The summed E-state index contributed by atoms with van der Waals surface area (Å²) in [6.07, 6.45) is -4.46. The molecule has 2 aromatic carbocycles. The minimum Gasteiger partial charge on any atom is -0.343 e. The Kier molecular flexibility index (Phi) is 6.44. The number of carbonyl (C=O) groups excluding carboxylic acids is 2. The zero-order chi connectivity index (χ0) is 20.0. The number of hydrogen-bond acceptors (Lipinski definition) is 3. The Morgan fingerprint density at radius 1 is 1.00 bits per heavy atom. The van der Waals surface area contributed by atoms with Gasteiger partial charge in [-0.15, -0.1) is 0 Å². The molecule has 2 aromatic rings. The van der Waals surface area contributed by atoms with Crippen molar-refractivity contribution >= 4 is 17.5 Å². The van der Waals surface area contributed by atoms with Gasteiger partial charge in [0.05, 0.1) is 17.8 Å². The predicted octanol–water partition coefficient (Wildman–Crippen LogP) is 3.30. The molecule has 0 aliphatic heterocycles. The number of halogens is 3. The highest BCUT2D eigenvalue weighted by atomic mass is 19.4. The average molecular weight is 379 g/mol. The third kappa shape index (κ3) is 5.73. The first-order valence-electron chi connectivity index (χ1n) is 8.30. The monoisotopic (exact) mass is 379 g/mol. The Labute approximate surface area is 155 Å². The molecule has 27 heavy (non-hydrogen) atoms. The summed E-state index contributed by atoms with van der Waals surface area (Å²) in [7, 11) is 0. The number of aryl methyl sites for hydroxylation is 1. The van der Waals surface area contributed by atoms with E-state index in [1.807, 2.05) is 38.1 Å². The molecule has 0 bridgehead atoms. The molecule has 0 saturated heterocycles. The molecule has 0 saturated carbocycles. The molecular formula is C19H20F3N3O2. The molecule has 0 atom stereocenters. The Morgan fingerprint density at radius 3 is 2.11 bits per heavy atom. The zero-order valence-corrected chi connectivity index (χ0v) is 14.9. The number of benzene rings is 2. The van der Waals surface area contributed by atoms with E-state index in [-0.39, 0.29) is 12.1 Å². The van der Waals surface area contributed by atoms with Crippen molar-refractivity contribution in [3.63, 3.8) is 0 Å². The molecule has 2 N–H and O–H groups in total. The van der Waals surface area contributed by atoms with Gasteiger partial charge in [0.2, 0.25) is 0 Å². The normalized spacial score (nSPS) is 11.0. The van der Waals surface area contributed by atoms with Gasteiger partial charge in [-0.2, -0.15) is 13.2 Å². The average Bonchev–Trinajstić information content (AvgIpc) is 2.64. The van der Waals surface area contributed by atoms with Crippen LogP contribution in [0.5, 0.6) is 0 Å². The molecule has 5 nitrogen and oxygen atoms in total. The summed E-state index contributed by atoms with van der Waals surface area (Å²) < 4.78 is 37.6. The van der Waals surface area contributed by atoms with Crippen molar-refractivity contribution in [3.05, 3.63) is 65.2 Å². The lowest BCUT2D eigenvalue weighted by Gasteiger charge is -2.24. The highest BCUT2D eigenvalue weighted by Gasteiger charge is 2.30. The minimum absolute atomic E-state index is 0.0432. The van der Waals surface area contributed by atoms with Crippen LogP contribution in [0.3, 0.4) is 0 Å². The maximum absolute atomic E-state index is 12.5. The van der Waals surface area contributed by atoms with Crippen LogP contribution in [-0.2, 0) is 11.0 Å². The fourth-order valence-corrected chi connectivity index (χ4v) is 2.31. The number of rotatable bonds is 6. The van der Waals surface area contributed by atoms with Crippen LogP contribution in [0.15, 0.2) is 48.5 Å². The summed E-state index contributed by atoms with van der Waals surface area (Å²) in [5.74, 6) is -1.07. The van der Waals surface area contributed by atoms with Gasteiger partial charge in [-0.05, 0) is 50.2 Å². The predicted molar refractivity (Wildman–Crippen MR) is 96.1 cm³/mol. The van der Waals surface area contributed by atoms with Gasteiger partial charge in [-0.1, -0.05) is 17.7 Å². The number of hydrogen-bond donors (Lipinski definition) is 2. The van der Waals surface area contributed by atoms with Crippen LogP contribution < -0.4 is 15.8 Å². The van der Waals surface area contributed by atoms with Crippen molar-refractivity contribution in [2.24, 2.45) is 0 Å². The maximum atomic E-state index is 12.5. The van der Waals surface area contributed by atoms with Crippen molar-refractivity contribution in [3.8, 4) is 0 Å². The first kappa shape index (κ1) is 20.3. The zero-order valence-electron chi connectivity index (χ0n) is 14.9. The number of amides is 2. The summed E-state index contributed by atoms with van der Waals surface area (Å²) in [6.45, 7) is 4.03. The molecule has 0 spiro atoms. The van der Waals surface area contributed by atoms with E-state index in [1.54, 1.807) is 5.01 Å².